The minimum absolute atomic E-state index is 0.832. The normalized spacial score (nSPS) is 10.7. The van der Waals surface area contributed by atoms with Gasteiger partial charge in [-0.3, -0.25) is 10.7 Å². The fourth-order valence-corrected chi connectivity index (χ4v) is 3.28. The molecule has 2 nitrogen and oxygen atoms in total. The Morgan fingerprint density at radius 1 is 1.11 bits per heavy atom. The van der Waals surface area contributed by atoms with E-state index in [1.54, 1.807) is 11.8 Å². The maximum atomic E-state index is 9.17. The van der Waals surface area contributed by atoms with E-state index in [-0.39, 0.29) is 0 Å². The maximum absolute atomic E-state index is 9.17. The van der Waals surface area contributed by atoms with Gasteiger partial charge in [0.1, 0.15) is 0 Å². The summed E-state index contributed by atoms with van der Waals surface area (Å²) in [7, 11) is 0. The Hall–Kier alpha value is -0.670. The summed E-state index contributed by atoms with van der Waals surface area (Å²) < 4.78 is 0. The van der Waals surface area contributed by atoms with Crippen molar-refractivity contribution in [3.05, 3.63) is 23.3 Å². The average Bonchev–Trinajstić information content (AvgIpc) is 2.43. The second kappa shape index (κ2) is 9.27. The van der Waals surface area contributed by atoms with Gasteiger partial charge in [-0.15, -0.1) is 11.8 Å². The second-order valence-corrected chi connectivity index (χ2v) is 5.89. The Morgan fingerprint density at radius 3 is 2.42 bits per heavy atom. The number of anilines is 1. The molecular weight excluding hydrogens is 254 g/mol. The van der Waals surface area contributed by atoms with Gasteiger partial charge in [0.05, 0.1) is 5.69 Å². The largest absolute Gasteiger partial charge is 0.291 e. The van der Waals surface area contributed by atoms with Crippen LogP contribution in [0.5, 0.6) is 0 Å². The zero-order valence-electron chi connectivity index (χ0n) is 12.5. The van der Waals surface area contributed by atoms with Crippen molar-refractivity contribution in [3.8, 4) is 0 Å². The van der Waals surface area contributed by atoms with E-state index in [4.69, 9.17) is 0 Å². The lowest BCUT2D eigenvalue weighted by molar-refractivity contribution is 0.387. The van der Waals surface area contributed by atoms with Crippen molar-refractivity contribution < 1.29 is 5.21 Å². The summed E-state index contributed by atoms with van der Waals surface area (Å²) in [6.07, 6.45) is 11.1. The van der Waals surface area contributed by atoms with Crippen LogP contribution in [-0.4, -0.2) is 11.5 Å². The summed E-state index contributed by atoms with van der Waals surface area (Å²) in [5, 5.41) is 9.17. The van der Waals surface area contributed by atoms with Gasteiger partial charge in [0.25, 0.3) is 0 Å². The Bertz CT molecular complexity index is 379. The van der Waals surface area contributed by atoms with Gasteiger partial charge in [-0.2, -0.15) is 0 Å². The van der Waals surface area contributed by atoms with Crippen molar-refractivity contribution in [2.45, 2.75) is 63.7 Å². The average molecular weight is 281 g/mol. The summed E-state index contributed by atoms with van der Waals surface area (Å²) in [5.74, 6) is 0. The molecule has 0 saturated carbocycles. The Labute approximate surface area is 122 Å². The topological polar surface area (TPSA) is 32.3 Å². The molecule has 3 heteroatoms. The summed E-state index contributed by atoms with van der Waals surface area (Å²) in [6.45, 7) is 4.41. The van der Waals surface area contributed by atoms with E-state index in [9.17, 15) is 5.21 Å². The first-order chi connectivity index (χ1) is 9.24. The van der Waals surface area contributed by atoms with Crippen LogP contribution in [0.4, 0.5) is 5.69 Å². The molecule has 19 heavy (non-hydrogen) atoms. The lowest BCUT2D eigenvalue weighted by atomic mass is 10.0. The molecule has 0 bridgehead atoms. The predicted octanol–water partition coefficient (Wildman–Crippen LogP) is 5.42. The standard InChI is InChI=1S/C16H27NOS/c1-4-5-6-7-8-9-10-14-13(2)11-12-15(17-18)16(14)19-3/h11-12,17-18H,4-10H2,1-3H3. The molecule has 0 atom stereocenters. The fraction of sp³-hybridized carbons (Fsp3) is 0.625. The number of unbranched alkanes of at least 4 members (excludes halogenated alkanes) is 5. The molecule has 0 radical (unpaired) electrons. The first-order valence-electron chi connectivity index (χ1n) is 7.31. The van der Waals surface area contributed by atoms with Crippen molar-refractivity contribution >= 4 is 17.4 Å². The van der Waals surface area contributed by atoms with Crippen LogP contribution >= 0.6 is 11.8 Å². The highest BCUT2D eigenvalue weighted by Gasteiger charge is 2.10. The lowest BCUT2D eigenvalue weighted by Gasteiger charge is -2.14. The number of thioether (sulfide) groups is 1. The molecule has 0 saturated heterocycles. The van der Waals surface area contributed by atoms with E-state index in [0.29, 0.717) is 0 Å². The summed E-state index contributed by atoms with van der Waals surface area (Å²) >= 11 is 1.71. The molecule has 0 heterocycles. The van der Waals surface area contributed by atoms with Crippen molar-refractivity contribution in [1.29, 1.82) is 0 Å². The van der Waals surface area contributed by atoms with E-state index < -0.39 is 0 Å². The molecular formula is C16H27NOS. The van der Waals surface area contributed by atoms with Gasteiger partial charge in [-0.05, 0) is 43.2 Å². The van der Waals surface area contributed by atoms with Crippen LogP contribution in [0.25, 0.3) is 0 Å². The number of rotatable bonds is 9. The lowest BCUT2D eigenvalue weighted by Crippen LogP contribution is -1.99. The molecule has 0 aromatic heterocycles. The minimum Gasteiger partial charge on any atom is -0.291 e. The van der Waals surface area contributed by atoms with Crippen LogP contribution < -0.4 is 5.48 Å². The minimum atomic E-state index is 0.832. The summed E-state index contributed by atoms with van der Waals surface area (Å²) in [4.78, 5) is 1.19. The third-order valence-corrected chi connectivity index (χ3v) is 4.47. The molecule has 0 aliphatic carbocycles. The highest BCUT2D eigenvalue weighted by atomic mass is 32.2. The molecule has 0 amide bonds. The van der Waals surface area contributed by atoms with E-state index in [0.717, 1.165) is 12.1 Å². The van der Waals surface area contributed by atoms with E-state index >= 15 is 0 Å². The third kappa shape index (κ3) is 5.07. The molecule has 1 aromatic rings. The van der Waals surface area contributed by atoms with Gasteiger partial charge < -0.3 is 0 Å². The van der Waals surface area contributed by atoms with E-state index in [1.807, 2.05) is 6.07 Å². The Balaban J connectivity index is 2.56. The molecule has 2 N–H and O–H groups in total. The number of hydrogen-bond donors (Lipinski definition) is 2. The van der Waals surface area contributed by atoms with Crippen molar-refractivity contribution in [2.24, 2.45) is 0 Å². The number of nitrogens with one attached hydrogen (secondary N) is 1. The van der Waals surface area contributed by atoms with E-state index in [2.05, 4.69) is 31.6 Å². The third-order valence-electron chi connectivity index (χ3n) is 3.60. The van der Waals surface area contributed by atoms with Gasteiger partial charge in [0, 0.05) is 4.90 Å². The summed E-state index contributed by atoms with van der Waals surface area (Å²) in [6, 6.07) is 4.04. The van der Waals surface area contributed by atoms with Crippen molar-refractivity contribution in [3.63, 3.8) is 0 Å². The second-order valence-electron chi connectivity index (χ2n) is 5.07. The number of benzene rings is 1. The predicted molar refractivity (Wildman–Crippen MR) is 85.4 cm³/mol. The molecule has 0 fully saturated rings. The van der Waals surface area contributed by atoms with Gasteiger partial charge in [-0.1, -0.05) is 45.1 Å². The highest BCUT2D eigenvalue weighted by molar-refractivity contribution is 7.98. The molecule has 0 spiro atoms. The van der Waals surface area contributed by atoms with Gasteiger partial charge >= 0.3 is 0 Å². The van der Waals surface area contributed by atoms with Crippen LogP contribution in [0, 0.1) is 6.92 Å². The van der Waals surface area contributed by atoms with Crippen LogP contribution in [0.3, 0.4) is 0 Å². The van der Waals surface area contributed by atoms with Crippen molar-refractivity contribution in [2.75, 3.05) is 11.7 Å². The monoisotopic (exact) mass is 281 g/mol. The molecule has 108 valence electrons. The van der Waals surface area contributed by atoms with Crippen LogP contribution in [0.2, 0.25) is 0 Å². The van der Waals surface area contributed by atoms with Gasteiger partial charge in [0.15, 0.2) is 0 Å². The van der Waals surface area contributed by atoms with Gasteiger partial charge in [-0.25, -0.2) is 0 Å². The highest BCUT2D eigenvalue weighted by Crippen LogP contribution is 2.32. The molecule has 0 aliphatic heterocycles. The van der Waals surface area contributed by atoms with Gasteiger partial charge in [0.2, 0.25) is 0 Å². The molecule has 1 aromatic carbocycles. The molecule has 0 aliphatic rings. The van der Waals surface area contributed by atoms with Crippen LogP contribution in [0.1, 0.15) is 56.6 Å². The number of aryl methyl sites for hydroxylation is 1. The SMILES string of the molecule is CCCCCCCCc1c(C)ccc(NO)c1SC. The first-order valence-corrected chi connectivity index (χ1v) is 8.53. The molecule has 1 rings (SSSR count). The first kappa shape index (κ1) is 16.4. The summed E-state index contributed by atoms with van der Waals surface area (Å²) in [5.41, 5.74) is 5.87. The Kier molecular flexibility index (Phi) is 7.99. The Morgan fingerprint density at radius 2 is 1.79 bits per heavy atom. The number of hydrogen-bond acceptors (Lipinski definition) is 3. The quantitative estimate of drug-likeness (QED) is 0.360. The zero-order valence-corrected chi connectivity index (χ0v) is 13.3. The zero-order chi connectivity index (χ0) is 14.1. The maximum Gasteiger partial charge on any atom is 0.0740 e. The fourth-order valence-electron chi connectivity index (χ4n) is 2.44. The smallest absolute Gasteiger partial charge is 0.0740 e. The van der Waals surface area contributed by atoms with E-state index in [1.165, 1.54) is 54.5 Å². The molecule has 0 unspecified atom stereocenters. The van der Waals surface area contributed by atoms with Crippen LogP contribution in [0.15, 0.2) is 17.0 Å². The van der Waals surface area contributed by atoms with Crippen molar-refractivity contribution in [1.82, 2.24) is 0 Å². The van der Waals surface area contributed by atoms with Crippen LogP contribution in [-0.2, 0) is 6.42 Å².